The van der Waals surface area contributed by atoms with E-state index in [9.17, 15) is 8.42 Å². The molecule has 5 heteroatoms. The number of hydrogen-bond acceptors (Lipinski definition) is 3. The maximum Gasteiger partial charge on any atom is 0.211 e. The van der Waals surface area contributed by atoms with Crippen molar-refractivity contribution in [2.45, 2.75) is 51.5 Å². The number of sulfonamides is 1. The average molecular weight is 248 g/mol. The van der Waals surface area contributed by atoms with Crippen molar-refractivity contribution in [3.8, 4) is 0 Å². The molecule has 1 aliphatic carbocycles. The molecular formula is C11H24N2O2S. The first-order chi connectivity index (χ1) is 7.55. The summed E-state index contributed by atoms with van der Waals surface area (Å²) in [5.74, 6) is 0.686. The van der Waals surface area contributed by atoms with E-state index in [-0.39, 0.29) is 11.8 Å². The zero-order chi connectivity index (χ0) is 12.0. The van der Waals surface area contributed by atoms with Gasteiger partial charge < -0.3 is 5.73 Å². The fourth-order valence-electron chi connectivity index (χ4n) is 2.22. The van der Waals surface area contributed by atoms with E-state index in [0.717, 1.165) is 25.7 Å². The molecule has 4 nitrogen and oxygen atoms in total. The van der Waals surface area contributed by atoms with Gasteiger partial charge in [-0.05, 0) is 38.1 Å². The Morgan fingerprint density at radius 2 is 1.94 bits per heavy atom. The van der Waals surface area contributed by atoms with Gasteiger partial charge in [0.25, 0.3) is 0 Å². The average Bonchev–Trinajstić information content (AvgIpc) is 2.21. The Labute approximate surface area is 99.0 Å². The Hall–Kier alpha value is -0.130. The third-order valence-corrected chi connectivity index (χ3v) is 4.80. The molecule has 3 N–H and O–H groups in total. The summed E-state index contributed by atoms with van der Waals surface area (Å²) >= 11 is 0. The van der Waals surface area contributed by atoms with E-state index in [1.165, 1.54) is 6.42 Å². The summed E-state index contributed by atoms with van der Waals surface area (Å²) in [7, 11) is -3.09. The van der Waals surface area contributed by atoms with Crippen LogP contribution in [0.4, 0.5) is 0 Å². The van der Waals surface area contributed by atoms with E-state index in [2.05, 4.69) is 11.6 Å². The molecule has 1 fully saturated rings. The van der Waals surface area contributed by atoms with Crippen molar-refractivity contribution in [2.75, 3.05) is 12.3 Å². The molecule has 0 heterocycles. The molecule has 0 radical (unpaired) electrons. The molecule has 0 amide bonds. The first kappa shape index (κ1) is 13.9. The van der Waals surface area contributed by atoms with Crippen LogP contribution < -0.4 is 10.5 Å². The van der Waals surface area contributed by atoms with Gasteiger partial charge in [-0.2, -0.15) is 0 Å². The lowest BCUT2D eigenvalue weighted by atomic mass is 9.87. The van der Waals surface area contributed by atoms with Crippen LogP contribution in [0.2, 0.25) is 0 Å². The van der Waals surface area contributed by atoms with Crippen molar-refractivity contribution in [2.24, 2.45) is 11.7 Å². The molecule has 0 spiro atoms. The molecule has 96 valence electrons. The zero-order valence-corrected chi connectivity index (χ0v) is 10.9. The van der Waals surface area contributed by atoms with Crippen LogP contribution in [0, 0.1) is 5.92 Å². The summed E-state index contributed by atoms with van der Waals surface area (Å²) in [5.41, 5.74) is 5.35. The van der Waals surface area contributed by atoms with Gasteiger partial charge in [0, 0.05) is 6.04 Å². The predicted molar refractivity (Wildman–Crippen MR) is 66.6 cm³/mol. The van der Waals surface area contributed by atoms with Crippen LogP contribution in [0.1, 0.15) is 45.4 Å². The minimum Gasteiger partial charge on any atom is -0.330 e. The summed E-state index contributed by atoms with van der Waals surface area (Å²) in [5, 5.41) is 0. The molecule has 0 aromatic carbocycles. The van der Waals surface area contributed by atoms with Gasteiger partial charge in [-0.25, -0.2) is 13.1 Å². The third-order valence-electron chi connectivity index (χ3n) is 3.31. The number of nitrogens with two attached hydrogens (primary N) is 1. The Morgan fingerprint density at radius 1 is 1.25 bits per heavy atom. The molecule has 0 saturated heterocycles. The van der Waals surface area contributed by atoms with Gasteiger partial charge in [0.1, 0.15) is 0 Å². The lowest BCUT2D eigenvalue weighted by molar-refractivity contribution is 0.310. The van der Waals surface area contributed by atoms with Crippen molar-refractivity contribution in [1.29, 1.82) is 0 Å². The summed E-state index contributed by atoms with van der Waals surface area (Å²) < 4.78 is 26.4. The molecular weight excluding hydrogens is 224 g/mol. The summed E-state index contributed by atoms with van der Waals surface area (Å²) in [6.45, 7) is 2.70. The van der Waals surface area contributed by atoms with E-state index in [1.54, 1.807) is 0 Å². The quantitative estimate of drug-likeness (QED) is 0.694. The van der Waals surface area contributed by atoms with Crippen LogP contribution in [-0.2, 0) is 10.0 Å². The topological polar surface area (TPSA) is 72.2 Å². The first-order valence-electron chi connectivity index (χ1n) is 6.25. The molecule has 16 heavy (non-hydrogen) atoms. The van der Waals surface area contributed by atoms with E-state index < -0.39 is 10.0 Å². The zero-order valence-electron chi connectivity index (χ0n) is 10.1. The van der Waals surface area contributed by atoms with Gasteiger partial charge in [-0.15, -0.1) is 0 Å². The van der Waals surface area contributed by atoms with E-state index in [4.69, 9.17) is 5.73 Å². The van der Waals surface area contributed by atoms with Crippen LogP contribution in [-0.4, -0.2) is 26.8 Å². The second-order valence-corrected chi connectivity index (χ2v) is 6.67. The predicted octanol–water partition coefficient (Wildman–Crippen LogP) is 1.22. The monoisotopic (exact) mass is 248 g/mol. The molecule has 1 saturated carbocycles. The second-order valence-electron chi connectivity index (χ2n) is 4.80. The second kappa shape index (κ2) is 6.57. The van der Waals surface area contributed by atoms with Gasteiger partial charge in [0.05, 0.1) is 5.75 Å². The highest BCUT2D eigenvalue weighted by Crippen LogP contribution is 2.24. The third kappa shape index (κ3) is 4.80. The fourth-order valence-corrected chi connectivity index (χ4v) is 3.73. The van der Waals surface area contributed by atoms with Crippen molar-refractivity contribution in [1.82, 2.24) is 4.72 Å². The van der Waals surface area contributed by atoms with Gasteiger partial charge in [0.2, 0.25) is 10.0 Å². The maximum atomic E-state index is 11.8. The smallest absolute Gasteiger partial charge is 0.211 e. The lowest BCUT2D eigenvalue weighted by Crippen LogP contribution is -2.42. The molecule has 0 aromatic heterocycles. The highest BCUT2D eigenvalue weighted by molar-refractivity contribution is 7.89. The van der Waals surface area contributed by atoms with E-state index in [1.807, 2.05) is 0 Å². The van der Waals surface area contributed by atoms with Gasteiger partial charge in [-0.1, -0.05) is 19.8 Å². The molecule has 0 aliphatic heterocycles. The Kier molecular flexibility index (Phi) is 5.72. The van der Waals surface area contributed by atoms with Crippen molar-refractivity contribution in [3.63, 3.8) is 0 Å². The standard InChI is InChI=1S/C11H24N2O2S/c1-10-6-2-3-7-11(10)13-16(14,15)9-5-4-8-12/h10-11,13H,2-9,12H2,1H3. The Balaban J connectivity index is 2.38. The normalized spacial score (nSPS) is 26.9. The fraction of sp³-hybridized carbons (Fsp3) is 1.00. The van der Waals surface area contributed by atoms with Crippen LogP contribution in [0.5, 0.6) is 0 Å². The number of unbranched alkanes of at least 4 members (excludes halogenated alkanes) is 1. The number of rotatable bonds is 6. The van der Waals surface area contributed by atoms with Crippen molar-refractivity contribution < 1.29 is 8.42 Å². The Morgan fingerprint density at radius 3 is 2.56 bits per heavy atom. The van der Waals surface area contributed by atoms with Gasteiger partial charge in [-0.3, -0.25) is 0 Å². The minimum absolute atomic E-state index is 0.150. The largest absolute Gasteiger partial charge is 0.330 e. The lowest BCUT2D eigenvalue weighted by Gasteiger charge is -2.29. The van der Waals surface area contributed by atoms with Crippen molar-refractivity contribution in [3.05, 3.63) is 0 Å². The molecule has 2 atom stereocenters. The maximum absolute atomic E-state index is 11.8. The SMILES string of the molecule is CC1CCCCC1NS(=O)(=O)CCCCN. The van der Waals surface area contributed by atoms with Crippen molar-refractivity contribution >= 4 is 10.0 Å². The van der Waals surface area contributed by atoms with E-state index in [0.29, 0.717) is 18.9 Å². The van der Waals surface area contributed by atoms with Crippen LogP contribution in [0.3, 0.4) is 0 Å². The van der Waals surface area contributed by atoms with E-state index >= 15 is 0 Å². The summed E-state index contributed by atoms with van der Waals surface area (Å²) in [6.07, 6.45) is 5.92. The molecule has 0 aromatic rings. The molecule has 1 aliphatic rings. The van der Waals surface area contributed by atoms with Crippen LogP contribution in [0.25, 0.3) is 0 Å². The van der Waals surface area contributed by atoms with Crippen LogP contribution >= 0.6 is 0 Å². The first-order valence-corrected chi connectivity index (χ1v) is 7.90. The molecule has 0 bridgehead atoms. The summed E-state index contributed by atoms with van der Waals surface area (Å²) in [6, 6.07) is 0.150. The molecule has 2 unspecified atom stereocenters. The highest BCUT2D eigenvalue weighted by Gasteiger charge is 2.25. The van der Waals surface area contributed by atoms with Gasteiger partial charge in [0.15, 0.2) is 0 Å². The Bertz CT molecular complexity index is 290. The minimum atomic E-state index is -3.09. The van der Waals surface area contributed by atoms with Crippen LogP contribution in [0.15, 0.2) is 0 Å². The number of nitrogens with one attached hydrogen (secondary N) is 1. The molecule has 1 rings (SSSR count). The van der Waals surface area contributed by atoms with Gasteiger partial charge >= 0.3 is 0 Å². The summed E-state index contributed by atoms with van der Waals surface area (Å²) in [4.78, 5) is 0. The highest BCUT2D eigenvalue weighted by atomic mass is 32.2. The number of hydrogen-bond donors (Lipinski definition) is 2.